The molecule has 0 bridgehead atoms. The molecule has 22 heavy (non-hydrogen) atoms. The van der Waals surface area contributed by atoms with Crippen molar-refractivity contribution in [3.63, 3.8) is 0 Å². The zero-order chi connectivity index (χ0) is 16.2. The third kappa shape index (κ3) is 7.21. The molecule has 0 aliphatic rings. The van der Waals surface area contributed by atoms with Crippen molar-refractivity contribution in [2.24, 2.45) is 0 Å². The fourth-order valence-electron chi connectivity index (χ4n) is 1.78. The first kappa shape index (κ1) is 18.9. The molecular weight excluding hydrogens is 402 g/mol. The Morgan fingerprint density at radius 1 is 0.773 bits per heavy atom. The summed E-state index contributed by atoms with van der Waals surface area (Å²) in [5.41, 5.74) is 2.62. The topological polar surface area (TPSA) is 12.0 Å². The molecule has 3 heteroatoms. The summed E-state index contributed by atoms with van der Waals surface area (Å²) in [5.74, 6) is 0. The van der Waals surface area contributed by atoms with E-state index in [2.05, 4.69) is 86.7 Å². The molecular formula is C19H21Br2N. The van der Waals surface area contributed by atoms with Crippen LogP contribution >= 0.6 is 31.9 Å². The Labute approximate surface area is 150 Å². The van der Waals surface area contributed by atoms with Crippen LogP contribution in [0.4, 0.5) is 0 Å². The summed E-state index contributed by atoms with van der Waals surface area (Å²) in [6.45, 7) is 8.81. The summed E-state index contributed by atoms with van der Waals surface area (Å²) in [7, 11) is 0. The van der Waals surface area contributed by atoms with Crippen LogP contribution in [0.2, 0.25) is 0 Å². The molecule has 0 aromatic heterocycles. The van der Waals surface area contributed by atoms with Gasteiger partial charge in [0.05, 0.1) is 0 Å². The molecule has 1 nitrogen and oxygen atoms in total. The Morgan fingerprint density at radius 2 is 1.18 bits per heavy atom. The van der Waals surface area contributed by atoms with Gasteiger partial charge in [-0.25, -0.2) is 0 Å². The van der Waals surface area contributed by atoms with Crippen LogP contribution in [0, 0.1) is 0 Å². The van der Waals surface area contributed by atoms with Gasteiger partial charge in [-0.05, 0) is 29.7 Å². The van der Waals surface area contributed by atoms with Gasteiger partial charge in [-0.1, -0.05) is 80.4 Å². The van der Waals surface area contributed by atoms with Crippen molar-refractivity contribution in [2.75, 3.05) is 13.1 Å². The lowest BCUT2D eigenvalue weighted by Crippen LogP contribution is -2.11. The van der Waals surface area contributed by atoms with Crippen LogP contribution in [0.25, 0.3) is 0 Å². The second-order valence-corrected chi connectivity index (χ2v) is 6.30. The average Bonchev–Trinajstić information content (AvgIpc) is 2.53. The zero-order valence-electron chi connectivity index (χ0n) is 12.6. The molecule has 2 aromatic carbocycles. The monoisotopic (exact) mass is 421 g/mol. The summed E-state index contributed by atoms with van der Waals surface area (Å²) in [5, 5.41) is 3.05. The predicted octanol–water partition coefficient (Wildman–Crippen LogP) is 5.75. The number of benzene rings is 2. The maximum absolute atomic E-state index is 3.56. The molecule has 0 aliphatic carbocycles. The van der Waals surface area contributed by atoms with E-state index in [1.807, 2.05) is 24.3 Å². The minimum Gasteiger partial charge on any atom is -0.310 e. The predicted molar refractivity (Wildman–Crippen MR) is 104 cm³/mol. The van der Waals surface area contributed by atoms with Crippen molar-refractivity contribution in [3.8, 4) is 0 Å². The highest BCUT2D eigenvalue weighted by Crippen LogP contribution is 2.23. The highest BCUT2D eigenvalue weighted by Gasteiger charge is 2.02. The van der Waals surface area contributed by atoms with Crippen molar-refractivity contribution >= 4 is 31.9 Å². The molecule has 2 rings (SSSR count). The average molecular weight is 423 g/mol. The largest absolute Gasteiger partial charge is 0.310 e. The summed E-state index contributed by atoms with van der Waals surface area (Å²) in [4.78, 5) is 0. The van der Waals surface area contributed by atoms with E-state index >= 15 is 0 Å². The van der Waals surface area contributed by atoms with Crippen LogP contribution in [0.5, 0.6) is 0 Å². The van der Waals surface area contributed by atoms with Crippen LogP contribution in [-0.2, 0) is 6.42 Å². The molecule has 0 radical (unpaired) electrons. The molecule has 0 saturated heterocycles. The first-order chi connectivity index (χ1) is 10.7. The van der Waals surface area contributed by atoms with E-state index in [1.165, 1.54) is 20.1 Å². The van der Waals surface area contributed by atoms with E-state index in [-0.39, 0.29) is 0 Å². The van der Waals surface area contributed by atoms with Crippen LogP contribution in [0.3, 0.4) is 0 Å². The Kier molecular flexibility index (Phi) is 9.80. The number of halogens is 2. The highest BCUT2D eigenvalue weighted by molar-refractivity contribution is 9.10. The van der Waals surface area contributed by atoms with Crippen molar-refractivity contribution < 1.29 is 0 Å². The fourth-order valence-corrected chi connectivity index (χ4v) is 2.63. The molecule has 2 aromatic rings. The number of rotatable bonds is 6. The third-order valence-corrected chi connectivity index (χ3v) is 4.42. The third-order valence-electron chi connectivity index (χ3n) is 2.87. The molecule has 116 valence electrons. The van der Waals surface area contributed by atoms with E-state index in [9.17, 15) is 0 Å². The quantitative estimate of drug-likeness (QED) is 0.461. The van der Waals surface area contributed by atoms with Crippen molar-refractivity contribution in [1.82, 2.24) is 5.32 Å². The summed E-state index contributed by atoms with van der Waals surface area (Å²) < 4.78 is 2.33. The number of nitrogens with one attached hydrogen (secondary N) is 1. The molecule has 0 heterocycles. The SMILES string of the molecule is Brc1ccccc1Cc1ccccc1Br.C=CCNCC=C. The van der Waals surface area contributed by atoms with Crippen LogP contribution in [0.15, 0.2) is 82.8 Å². The van der Waals surface area contributed by atoms with Gasteiger partial charge in [0.25, 0.3) is 0 Å². The van der Waals surface area contributed by atoms with Gasteiger partial charge in [0, 0.05) is 22.0 Å². The minimum atomic E-state index is 0.867. The Morgan fingerprint density at radius 3 is 1.55 bits per heavy atom. The Hall–Kier alpha value is -1.16. The molecule has 0 saturated carbocycles. The number of hydrogen-bond acceptors (Lipinski definition) is 1. The van der Waals surface area contributed by atoms with Gasteiger partial charge in [0.2, 0.25) is 0 Å². The standard InChI is InChI=1S/C13H10Br2.C6H11N/c14-12-7-3-1-5-10(12)9-11-6-2-4-8-13(11)15;1-3-5-7-6-4-2/h1-8H,9H2;3-4,7H,1-2,5-6H2. The van der Waals surface area contributed by atoms with E-state index < -0.39 is 0 Å². The fraction of sp³-hybridized carbons (Fsp3) is 0.158. The smallest absolute Gasteiger partial charge is 0.0210 e. The summed E-state index contributed by atoms with van der Waals surface area (Å²) >= 11 is 7.13. The Balaban J connectivity index is 0.000000295. The lowest BCUT2D eigenvalue weighted by molar-refractivity contribution is 0.845. The molecule has 0 fully saturated rings. The van der Waals surface area contributed by atoms with Crippen molar-refractivity contribution in [1.29, 1.82) is 0 Å². The van der Waals surface area contributed by atoms with E-state index in [0.29, 0.717) is 0 Å². The normalized spacial score (nSPS) is 9.55. The van der Waals surface area contributed by atoms with Crippen LogP contribution < -0.4 is 5.32 Å². The molecule has 0 amide bonds. The lowest BCUT2D eigenvalue weighted by Gasteiger charge is -2.06. The molecule has 0 aliphatic heterocycles. The molecule has 0 spiro atoms. The van der Waals surface area contributed by atoms with E-state index in [1.54, 1.807) is 0 Å². The summed E-state index contributed by atoms with van der Waals surface area (Å²) in [6, 6.07) is 16.6. The van der Waals surface area contributed by atoms with Gasteiger partial charge in [-0.15, -0.1) is 13.2 Å². The molecule has 1 N–H and O–H groups in total. The number of hydrogen-bond donors (Lipinski definition) is 1. The van der Waals surface area contributed by atoms with E-state index in [0.717, 1.165) is 19.5 Å². The molecule has 0 unspecified atom stereocenters. The van der Waals surface area contributed by atoms with Gasteiger partial charge >= 0.3 is 0 Å². The van der Waals surface area contributed by atoms with Crippen LogP contribution in [-0.4, -0.2) is 13.1 Å². The van der Waals surface area contributed by atoms with Gasteiger partial charge in [-0.3, -0.25) is 0 Å². The van der Waals surface area contributed by atoms with E-state index in [4.69, 9.17) is 0 Å². The maximum Gasteiger partial charge on any atom is 0.0210 e. The summed E-state index contributed by atoms with van der Waals surface area (Å²) in [6.07, 6.45) is 4.59. The molecule has 0 atom stereocenters. The maximum atomic E-state index is 3.56. The second kappa shape index (κ2) is 11.4. The van der Waals surface area contributed by atoms with Gasteiger partial charge in [0.15, 0.2) is 0 Å². The van der Waals surface area contributed by atoms with Gasteiger partial charge in [0.1, 0.15) is 0 Å². The minimum absolute atomic E-state index is 0.867. The Bertz CT molecular complexity index is 542. The second-order valence-electron chi connectivity index (χ2n) is 4.60. The van der Waals surface area contributed by atoms with Crippen LogP contribution in [0.1, 0.15) is 11.1 Å². The van der Waals surface area contributed by atoms with Crippen molar-refractivity contribution in [3.05, 3.63) is 93.9 Å². The van der Waals surface area contributed by atoms with Crippen molar-refractivity contribution in [2.45, 2.75) is 6.42 Å². The highest BCUT2D eigenvalue weighted by atomic mass is 79.9. The lowest BCUT2D eigenvalue weighted by atomic mass is 10.1. The van der Waals surface area contributed by atoms with Gasteiger partial charge in [-0.2, -0.15) is 0 Å². The zero-order valence-corrected chi connectivity index (χ0v) is 15.7. The first-order valence-electron chi connectivity index (χ1n) is 7.08. The first-order valence-corrected chi connectivity index (χ1v) is 8.67. The van der Waals surface area contributed by atoms with Gasteiger partial charge < -0.3 is 5.32 Å².